The Labute approximate surface area is 263 Å². The van der Waals surface area contributed by atoms with Gasteiger partial charge in [-0.3, -0.25) is 0 Å². The molecule has 1 spiro atoms. The molecular formula is C33H52O12. The van der Waals surface area contributed by atoms with Crippen molar-refractivity contribution in [1.82, 2.24) is 0 Å². The minimum Gasteiger partial charge on any atom is -0.394 e. The zero-order chi connectivity index (χ0) is 32.4. The first-order valence-corrected chi connectivity index (χ1v) is 16.9. The van der Waals surface area contributed by atoms with Gasteiger partial charge >= 0.3 is 0 Å². The number of aliphatic hydroxyl groups is 8. The van der Waals surface area contributed by atoms with Gasteiger partial charge < -0.3 is 59.8 Å². The zero-order valence-corrected chi connectivity index (χ0v) is 26.4. The van der Waals surface area contributed by atoms with Gasteiger partial charge in [-0.2, -0.15) is 0 Å². The van der Waals surface area contributed by atoms with E-state index in [1.54, 1.807) is 6.92 Å². The quantitative estimate of drug-likeness (QED) is 0.147. The highest BCUT2D eigenvalue weighted by Gasteiger charge is 2.76. The minimum absolute atomic E-state index is 0.0271. The van der Waals surface area contributed by atoms with Gasteiger partial charge in [0.05, 0.1) is 25.4 Å². The molecule has 4 saturated carbocycles. The van der Waals surface area contributed by atoms with E-state index in [4.69, 9.17) is 18.9 Å². The maximum absolute atomic E-state index is 11.8. The molecule has 0 aromatic rings. The second kappa shape index (κ2) is 10.9. The molecule has 0 radical (unpaired) electrons. The van der Waals surface area contributed by atoms with E-state index in [-0.39, 0.29) is 47.5 Å². The molecule has 7 aliphatic rings. The Bertz CT molecular complexity index is 1160. The van der Waals surface area contributed by atoms with Crippen molar-refractivity contribution >= 4 is 0 Å². The van der Waals surface area contributed by atoms with Crippen molar-refractivity contribution in [3.05, 3.63) is 12.2 Å². The smallest absolute Gasteiger partial charge is 0.187 e. The topological polar surface area (TPSA) is 199 Å². The average molecular weight is 641 g/mol. The molecule has 12 heteroatoms. The number of ether oxygens (including phenoxy) is 4. The highest BCUT2D eigenvalue weighted by atomic mass is 16.7. The van der Waals surface area contributed by atoms with Gasteiger partial charge in [0, 0.05) is 17.8 Å². The minimum atomic E-state index is -1.74. The third-order valence-electron chi connectivity index (χ3n) is 14.2. The fraction of sp³-hybridized carbons (Fsp3) is 0.939. The van der Waals surface area contributed by atoms with Crippen molar-refractivity contribution in [1.29, 1.82) is 0 Å². The van der Waals surface area contributed by atoms with Crippen molar-refractivity contribution in [3.8, 4) is 0 Å². The van der Waals surface area contributed by atoms with Crippen LogP contribution in [-0.4, -0.2) is 127 Å². The maximum Gasteiger partial charge on any atom is 0.187 e. The molecule has 3 heterocycles. The lowest BCUT2D eigenvalue weighted by Crippen LogP contribution is -2.79. The monoisotopic (exact) mass is 640 g/mol. The summed E-state index contributed by atoms with van der Waals surface area (Å²) in [5.41, 5.74) is -1.96. The Balaban J connectivity index is 1.21. The molecular weight excluding hydrogens is 588 g/mol. The second-order valence-corrected chi connectivity index (χ2v) is 15.9. The van der Waals surface area contributed by atoms with E-state index >= 15 is 0 Å². The molecule has 12 unspecified atom stereocenters. The van der Waals surface area contributed by atoms with Gasteiger partial charge in [-0.25, -0.2) is 0 Å². The summed E-state index contributed by atoms with van der Waals surface area (Å²) in [7, 11) is 0. The van der Waals surface area contributed by atoms with Crippen LogP contribution in [0.5, 0.6) is 0 Å². The molecule has 256 valence electrons. The fourth-order valence-corrected chi connectivity index (χ4v) is 11.8. The molecule has 0 aromatic heterocycles. The van der Waals surface area contributed by atoms with Gasteiger partial charge in [0.2, 0.25) is 0 Å². The van der Waals surface area contributed by atoms with Gasteiger partial charge in [-0.15, -0.1) is 0 Å². The van der Waals surface area contributed by atoms with Crippen LogP contribution >= 0.6 is 0 Å². The van der Waals surface area contributed by atoms with Crippen molar-refractivity contribution < 1.29 is 59.8 Å². The molecule has 7 fully saturated rings. The lowest BCUT2D eigenvalue weighted by atomic mass is 9.41. The number of hydrogen-bond donors (Lipinski definition) is 8. The van der Waals surface area contributed by atoms with Crippen molar-refractivity contribution in [2.45, 2.75) is 138 Å². The molecule has 3 saturated heterocycles. The standard InChI is InChI=1S/C33H52O12/c1-14-5-10-33(42-13-14)15(2)21-19(44-33)11-18-16-6-9-32(45-29-26(39)23(36)22(35)20(12-34)43-29)28(41)25(38)24(37)27(40)31(32,4)17(16)7-8-30(18,21)3/h15-29,34-41H,1,5-13H2,2-4H3/t15-,16?,17?,18?,19?,20+,21?,22+,23+,24?,25?,26+,27?,28?,29-,30?,31?,32?,33+/m0/s1. The normalized spacial score (nSPS) is 61.0. The van der Waals surface area contributed by atoms with Crippen LogP contribution in [0.3, 0.4) is 0 Å². The highest BCUT2D eigenvalue weighted by Crippen LogP contribution is 2.72. The zero-order valence-electron chi connectivity index (χ0n) is 26.4. The van der Waals surface area contributed by atoms with E-state index in [9.17, 15) is 40.9 Å². The first-order valence-electron chi connectivity index (χ1n) is 16.9. The van der Waals surface area contributed by atoms with Crippen molar-refractivity contribution in [3.63, 3.8) is 0 Å². The summed E-state index contributed by atoms with van der Waals surface area (Å²) in [6.07, 6.45) is -9.60. The SMILES string of the molecule is C=C1CC[C@@]2(OC1)OC1CC3C4CCC5(O[C@@H]6O[C@H](CO)[C@@H](O)[C@@H](O)[C@H]6O)C(O)C(O)C(O)C(O)C5(C)C4CCC3(C)C1[C@@H]2C. The molecule has 7 rings (SSSR count). The number of aliphatic hydroxyl groups excluding tert-OH is 8. The molecule has 0 amide bonds. The first kappa shape index (κ1) is 32.8. The van der Waals surface area contributed by atoms with Crippen LogP contribution < -0.4 is 0 Å². The predicted octanol–water partition coefficient (Wildman–Crippen LogP) is -0.435. The Kier molecular flexibility index (Phi) is 7.93. The lowest BCUT2D eigenvalue weighted by Gasteiger charge is -2.68. The highest BCUT2D eigenvalue weighted by molar-refractivity contribution is 5.24. The van der Waals surface area contributed by atoms with Crippen LogP contribution in [0.4, 0.5) is 0 Å². The first-order chi connectivity index (χ1) is 21.2. The summed E-state index contributed by atoms with van der Waals surface area (Å²) in [5.74, 6) is -0.0339. The molecule has 0 bridgehead atoms. The van der Waals surface area contributed by atoms with E-state index in [2.05, 4.69) is 20.4 Å². The van der Waals surface area contributed by atoms with E-state index in [1.807, 2.05) is 0 Å². The lowest BCUT2D eigenvalue weighted by molar-refractivity contribution is -0.398. The Morgan fingerprint density at radius 3 is 2.24 bits per heavy atom. The van der Waals surface area contributed by atoms with Crippen LogP contribution in [0.2, 0.25) is 0 Å². The van der Waals surface area contributed by atoms with E-state index in [1.165, 1.54) is 0 Å². The maximum atomic E-state index is 11.8. The summed E-state index contributed by atoms with van der Waals surface area (Å²) in [6.45, 7) is 10.3. The summed E-state index contributed by atoms with van der Waals surface area (Å²) in [4.78, 5) is 0. The Morgan fingerprint density at radius 1 is 0.867 bits per heavy atom. The van der Waals surface area contributed by atoms with Gasteiger partial charge in [0.1, 0.15) is 48.3 Å². The number of hydrogen-bond acceptors (Lipinski definition) is 12. The van der Waals surface area contributed by atoms with Crippen LogP contribution in [0.1, 0.15) is 65.7 Å². The van der Waals surface area contributed by atoms with Crippen LogP contribution in [0.25, 0.3) is 0 Å². The van der Waals surface area contributed by atoms with Gasteiger partial charge in [-0.05, 0) is 67.6 Å². The van der Waals surface area contributed by atoms with E-state index in [0.717, 1.165) is 31.3 Å². The van der Waals surface area contributed by atoms with Gasteiger partial charge in [-0.1, -0.05) is 32.9 Å². The summed E-state index contributed by atoms with van der Waals surface area (Å²) < 4.78 is 25.3. The Morgan fingerprint density at radius 2 is 1.58 bits per heavy atom. The molecule has 0 aromatic carbocycles. The predicted molar refractivity (Wildman–Crippen MR) is 156 cm³/mol. The molecule has 3 aliphatic heterocycles. The van der Waals surface area contributed by atoms with Crippen LogP contribution in [0, 0.1) is 40.4 Å². The van der Waals surface area contributed by atoms with Crippen LogP contribution in [-0.2, 0) is 18.9 Å². The third kappa shape index (κ3) is 4.21. The third-order valence-corrected chi connectivity index (χ3v) is 14.2. The van der Waals surface area contributed by atoms with Crippen LogP contribution in [0.15, 0.2) is 12.2 Å². The fourth-order valence-electron chi connectivity index (χ4n) is 11.8. The number of fused-ring (bicyclic) bond motifs is 7. The second-order valence-electron chi connectivity index (χ2n) is 15.9. The van der Waals surface area contributed by atoms with E-state index < -0.39 is 78.5 Å². The molecule has 19 atom stereocenters. The molecule has 45 heavy (non-hydrogen) atoms. The van der Waals surface area contributed by atoms with E-state index in [0.29, 0.717) is 19.4 Å². The summed E-state index contributed by atoms with van der Waals surface area (Å²) >= 11 is 0. The number of rotatable bonds is 3. The van der Waals surface area contributed by atoms with Gasteiger partial charge in [0.25, 0.3) is 0 Å². The summed E-state index contributed by atoms with van der Waals surface area (Å²) in [6, 6.07) is 0. The van der Waals surface area contributed by atoms with Gasteiger partial charge in [0.15, 0.2) is 12.1 Å². The molecule has 4 aliphatic carbocycles. The summed E-state index contributed by atoms with van der Waals surface area (Å²) in [5, 5.41) is 87.1. The average Bonchev–Trinajstić information content (AvgIpc) is 3.47. The largest absolute Gasteiger partial charge is 0.394 e. The molecule has 12 nitrogen and oxygen atoms in total. The van der Waals surface area contributed by atoms with Crippen molar-refractivity contribution in [2.24, 2.45) is 40.4 Å². The van der Waals surface area contributed by atoms with Crippen molar-refractivity contribution in [2.75, 3.05) is 13.2 Å². The molecule has 8 N–H and O–H groups in total. The Hall–Kier alpha value is -0.740.